The summed E-state index contributed by atoms with van der Waals surface area (Å²) < 4.78 is 35.8. The maximum Gasteiger partial charge on any atom is 0.206 e. The van der Waals surface area contributed by atoms with E-state index in [1.165, 1.54) is 58.4 Å². The van der Waals surface area contributed by atoms with Crippen LogP contribution >= 0.6 is 27.3 Å². The van der Waals surface area contributed by atoms with Crippen LogP contribution in [0.15, 0.2) is 88.0 Å². The van der Waals surface area contributed by atoms with Crippen LogP contribution in [0.4, 0.5) is 5.13 Å². The maximum absolute atomic E-state index is 12.8. The molecular formula is C38H43BrN2O6S2. The molecule has 0 saturated heterocycles. The number of nitrogen functional groups attached to an aromatic ring is 1. The molecule has 1 aromatic heterocycles. The van der Waals surface area contributed by atoms with E-state index < -0.39 is 9.84 Å². The molecule has 0 saturated carbocycles. The van der Waals surface area contributed by atoms with Crippen molar-refractivity contribution < 1.29 is 27.8 Å². The van der Waals surface area contributed by atoms with Crippen molar-refractivity contribution in [1.82, 2.24) is 4.98 Å². The van der Waals surface area contributed by atoms with Crippen molar-refractivity contribution in [1.29, 1.82) is 0 Å². The molecule has 0 aliphatic rings. The number of hydrogen-bond donors (Lipinski definition) is 2. The molecule has 5 rings (SSSR count). The van der Waals surface area contributed by atoms with Gasteiger partial charge >= 0.3 is 0 Å². The molecule has 3 N–H and O–H groups in total. The monoisotopic (exact) mass is 766 g/mol. The van der Waals surface area contributed by atoms with Gasteiger partial charge in [0.25, 0.3) is 0 Å². The molecule has 260 valence electrons. The summed E-state index contributed by atoms with van der Waals surface area (Å²) in [6.45, 7) is 9.69. The highest BCUT2D eigenvalue weighted by molar-refractivity contribution is 9.09. The Morgan fingerprint density at radius 2 is 1.31 bits per heavy atom. The predicted octanol–water partition coefficient (Wildman–Crippen LogP) is 8.33. The highest BCUT2D eigenvalue weighted by Gasteiger charge is 2.21. The number of benzene rings is 4. The first-order valence-corrected chi connectivity index (χ1v) is 18.9. The minimum absolute atomic E-state index is 0.0617. The summed E-state index contributed by atoms with van der Waals surface area (Å²) in [6.07, 6.45) is 0.908. The minimum atomic E-state index is -3.64. The molecule has 0 unspecified atom stereocenters. The number of aliphatic hydroxyl groups excluding tert-OH is 1. The topological polar surface area (TPSA) is 129 Å². The Balaban J connectivity index is 0.000000246. The minimum Gasteiger partial charge on any atom is -0.497 e. The number of methoxy groups -OCH3 is 2. The van der Waals surface area contributed by atoms with Gasteiger partial charge in [-0.2, -0.15) is 0 Å². The van der Waals surface area contributed by atoms with Crippen LogP contribution in [0.5, 0.6) is 11.5 Å². The van der Waals surface area contributed by atoms with Gasteiger partial charge in [-0.05, 0) is 123 Å². The maximum atomic E-state index is 12.8. The highest BCUT2D eigenvalue weighted by Crippen LogP contribution is 2.31. The van der Waals surface area contributed by atoms with Crippen molar-refractivity contribution in [3.63, 3.8) is 0 Å². The van der Waals surface area contributed by atoms with E-state index >= 15 is 0 Å². The van der Waals surface area contributed by atoms with Crippen molar-refractivity contribution >= 4 is 48.0 Å². The molecule has 1 heterocycles. The zero-order chi connectivity index (χ0) is 36.3. The Bertz CT molecular complexity index is 1930. The van der Waals surface area contributed by atoms with Crippen LogP contribution < -0.4 is 15.2 Å². The second kappa shape index (κ2) is 18.1. The normalized spacial score (nSPS) is 10.7. The number of aliphatic hydroxyl groups is 1. The van der Waals surface area contributed by atoms with Crippen molar-refractivity contribution in [2.24, 2.45) is 0 Å². The number of ether oxygens (including phenoxy) is 2. The number of nitrogens with two attached hydrogens (primary N) is 1. The van der Waals surface area contributed by atoms with Crippen LogP contribution in [0.1, 0.15) is 50.7 Å². The van der Waals surface area contributed by atoms with E-state index in [9.17, 15) is 13.2 Å². The fourth-order valence-corrected chi connectivity index (χ4v) is 7.68. The van der Waals surface area contributed by atoms with Gasteiger partial charge < -0.3 is 20.3 Å². The molecule has 0 aliphatic heterocycles. The van der Waals surface area contributed by atoms with Gasteiger partial charge in [-0.3, -0.25) is 4.79 Å². The fraction of sp³-hybridized carbons (Fsp3) is 0.263. The van der Waals surface area contributed by atoms with E-state index in [2.05, 4.69) is 59.0 Å². The Labute approximate surface area is 302 Å². The first-order valence-electron chi connectivity index (χ1n) is 15.4. The van der Waals surface area contributed by atoms with Crippen LogP contribution in [-0.4, -0.2) is 50.4 Å². The zero-order valence-electron chi connectivity index (χ0n) is 28.8. The lowest BCUT2D eigenvalue weighted by Crippen LogP contribution is -2.09. The lowest BCUT2D eigenvalue weighted by Gasteiger charge is -2.12. The van der Waals surface area contributed by atoms with Gasteiger partial charge in [-0.25, -0.2) is 13.4 Å². The Hall–Kier alpha value is -4.03. The van der Waals surface area contributed by atoms with Gasteiger partial charge in [-0.1, -0.05) is 40.2 Å². The molecule has 4 aromatic carbocycles. The van der Waals surface area contributed by atoms with Crippen molar-refractivity contribution in [2.45, 2.75) is 50.8 Å². The van der Waals surface area contributed by atoms with Crippen LogP contribution in [0, 0.1) is 27.7 Å². The number of halogens is 1. The van der Waals surface area contributed by atoms with E-state index in [0.717, 1.165) is 17.9 Å². The average molecular weight is 768 g/mol. The summed E-state index contributed by atoms with van der Waals surface area (Å²) >= 11 is 4.63. The number of anilines is 1. The molecule has 0 aliphatic carbocycles. The molecule has 0 fully saturated rings. The predicted molar refractivity (Wildman–Crippen MR) is 202 cm³/mol. The largest absolute Gasteiger partial charge is 0.497 e. The number of carbonyl (C=O) groups is 1. The van der Waals surface area contributed by atoms with Gasteiger partial charge in [0.1, 0.15) is 11.5 Å². The number of aryl methyl sites for hydroxylation is 4. The Morgan fingerprint density at radius 1 is 0.816 bits per heavy atom. The number of carbonyl (C=O) groups excluding carboxylic acids is 1. The first-order chi connectivity index (χ1) is 23.3. The number of nitrogens with zero attached hydrogens (tertiary/aromatic N) is 1. The number of thiazole rings is 1. The quantitative estimate of drug-likeness (QED) is 0.113. The van der Waals surface area contributed by atoms with Crippen molar-refractivity contribution in [3.8, 4) is 22.8 Å². The molecule has 0 amide bonds. The van der Waals surface area contributed by atoms with Gasteiger partial charge in [0.05, 0.1) is 35.0 Å². The first kappa shape index (κ1) is 39.4. The van der Waals surface area contributed by atoms with E-state index in [1.807, 2.05) is 17.5 Å². The van der Waals surface area contributed by atoms with E-state index in [4.69, 9.17) is 20.3 Å². The lowest BCUT2D eigenvalue weighted by molar-refractivity contribution is 0.102. The van der Waals surface area contributed by atoms with Gasteiger partial charge in [0.2, 0.25) is 9.84 Å². The Kier molecular flexibility index (Phi) is 14.6. The van der Waals surface area contributed by atoms with Crippen LogP contribution in [0.3, 0.4) is 0 Å². The summed E-state index contributed by atoms with van der Waals surface area (Å²) in [5.41, 5.74) is 14.9. The molecular weight excluding hydrogens is 724 g/mol. The molecule has 0 atom stereocenters. The number of sulfone groups is 1. The lowest BCUT2D eigenvalue weighted by atomic mass is 9.94. The van der Waals surface area contributed by atoms with Crippen molar-refractivity contribution in [2.75, 3.05) is 31.9 Å². The SMILES string of the molecule is CCO.COc1ccc(Cc2cc(C)c(-c3csc(N)n3)c(C)c2)cc1.COc1ccc(S(=O)(=O)c2cc(C)c(C(=O)CBr)c(C)c2)cc1. The second-order valence-corrected chi connectivity index (χ2v) is 14.6. The molecule has 0 radical (unpaired) electrons. The van der Waals surface area contributed by atoms with Crippen molar-refractivity contribution in [3.05, 3.63) is 117 Å². The summed E-state index contributed by atoms with van der Waals surface area (Å²) in [4.78, 5) is 16.7. The third kappa shape index (κ3) is 10.2. The van der Waals surface area contributed by atoms with Crippen LogP contribution in [0.2, 0.25) is 0 Å². The number of ketones is 1. The number of rotatable bonds is 9. The molecule has 49 heavy (non-hydrogen) atoms. The van der Waals surface area contributed by atoms with Gasteiger partial charge in [-0.15, -0.1) is 11.3 Å². The molecule has 5 aromatic rings. The number of Topliss-reactive ketones (excluding diaryl/α,β-unsaturated/α-hetero) is 1. The molecule has 11 heteroatoms. The fourth-order valence-electron chi connectivity index (χ4n) is 5.42. The van der Waals surface area contributed by atoms with Crippen LogP contribution in [-0.2, 0) is 16.3 Å². The van der Waals surface area contributed by atoms with E-state index in [0.29, 0.717) is 27.6 Å². The smallest absolute Gasteiger partial charge is 0.206 e. The summed E-state index contributed by atoms with van der Waals surface area (Å²) in [6, 6.07) is 22.0. The highest BCUT2D eigenvalue weighted by atomic mass is 79.9. The molecule has 0 bridgehead atoms. The summed E-state index contributed by atoms with van der Waals surface area (Å²) in [5.74, 6) is 1.42. The zero-order valence-corrected chi connectivity index (χ0v) is 32.1. The third-order valence-corrected chi connectivity index (χ3v) is 10.5. The second-order valence-electron chi connectivity index (χ2n) is 11.2. The number of alkyl halides is 1. The van der Waals surface area contributed by atoms with E-state index in [-0.39, 0.29) is 27.5 Å². The average Bonchev–Trinajstić information content (AvgIpc) is 3.50. The van der Waals surface area contributed by atoms with E-state index in [1.54, 1.807) is 52.1 Å². The van der Waals surface area contributed by atoms with Gasteiger partial charge in [0, 0.05) is 23.1 Å². The molecule has 0 spiro atoms. The van der Waals surface area contributed by atoms with Gasteiger partial charge in [0.15, 0.2) is 10.9 Å². The van der Waals surface area contributed by atoms with Crippen LogP contribution in [0.25, 0.3) is 11.3 Å². The summed E-state index contributed by atoms with van der Waals surface area (Å²) in [5, 5.41) is 10.4. The number of aromatic nitrogens is 1. The Morgan fingerprint density at radius 3 is 1.73 bits per heavy atom. The summed E-state index contributed by atoms with van der Waals surface area (Å²) in [7, 11) is -0.427. The molecule has 8 nitrogen and oxygen atoms in total. The number of hydrogen-bond acceptors (Lipinski definition) is 9. The third-order valence-electron chi connectivity index (χ3n) is 7.52. The standard InChI is InChI=1S/C19H20N2OS.C17H17BrO4S.C2H6O/c1-12-8-15(10-14-4-6-16(22-3)7-5-14)9-13(2)18(12)17-11-23-19(20)21-17;1-11-8-15(9-12(2)17(11)16(19)10-18)23(20,21)14-6-4-13(22-3)5-7-14;1-2-3/h4-9,11H,10H2,1-3H3,(H2,20,21);4-9H,10H2,1-3H3;3H,2H2,1H3.